The first-order valence-electron chi connectivity index (χ1n) is 8.59. The molecule has 0 saturated carbocycles. The number of benzene rings is 1. The Hall–Kier alpha value is -1.86. The molecule has 1 aliphatic rings. The lowest BCUT2D eigenvalue weighted by Crippen LogP contribution is -2.59. The Morgan fingerprint density at radius 2 is 2.08 bits per heavy atom. The topological polar surface area (TPSA) is 47.6 Å². The number of methoxy groups -OCH3 is 1. The van der Waals surface area contributed by atoms with Crippen molar-refractivity contribution in [3.05, 3.63) is 47.5 Å². The number of amides is 1. The molecule has 1 atom stereocenters. The third kappa shape index (κ3) is 5.08. The number of halogens is 3. The Labute approximate surface area is 151 Å². The number of hydrogen-bond acceptors (Lipinski definition) is 3. The number of nitrogens with one attached hydrogen (secondary N) is 1. The molecule has 0 aliphatic carbocycles. The summed E-state index contributed by atoms with van der Waals surface area (Å²) in [5, 5.41) is 2.29. The molecule has 1 fully saturated rings. The van der Waals surface area contributed by atoms with Crippen LogP contribution in [0, 0.1) is 0 Å². The molecule has 1 aliphatic heterocycles. The molecule has 0 bridgehead atoms. The van der Waals surface area contributed by atoms with Gasteiger partial charge in [-0.25, -0.2) is 0 Å². The summed E-state index contributed by atoms with van der Waals surface area (Å²) in [5.41, 5.74) is -1.25. The molecule has 1 N–H and O–H groups in total. The minimum atomic E-state index is -4.81. The summed E-state index contributed by atoms with van der Waals surface area (Å²) in [6, 6.07) is 9.48. The summed E-state index contributed by atoms with van der Waals surface area (Å²) in [6.45, 7) is 0.0237. The maximum Gasteiger partial charge on any atom is 0.426 e. The number of carbonyl (C=O) groups excluding carboxylic acids is 1. The fraction of sp³-hybridized carbons (Fsp3) is 0.526. The van der Waals surface area contributed by atoms with E-state index in [4.69, 9.17) is 9.47 Å². The molecule has 4 nitrogen and oxygen atoms in total. The van der Waals surface area contributed by atoms with Gasteiger partial charge in [0.1, 0.15) is 0 Å². The molecule has 1 amide bonds. The minimum Gasteiger partial charge on any atom is -0.383 e. The molecule has 0 radical (unpaired) electrons. The summed E-state index contributed by atoms with van der Waals surface area (Å²) in [5.74, 6) is -1.16. The van der Waals surface area contributed by atoms with Crippen LogP contribution in [0.2, 0.25) is 0 Å². The highest BCUT2D eigenvalue weighted by Gasteiger charge is 2.62. The van der Waals surface area contributed by atoms with Crippen molar-refractivity contribution >= 4 is 5.91 Å². The summed E-state index contributed by atoms with van der Waals surface area (Å²) in [7, 11) is 1.41. The maximum absolute atomic E-state index is 13.8. The molecule has 1 aromatic carbocycles. The van der Waals surface area contributed by atoms with E-state index in [0.717, 1.165) is 5.56 Å². The van der Waals surface area contributed by atoms with Gasteiger partial charge in [-0.3, -0.25) is 4.79 Å². The Bertz CT molecular complexity index is 616. The van der Waals surface area contributed by atoms with Crippen molar-refractivity contribution in [2.75, 3.05) is 26.9 Å². The van der Waals surface area contributed by atoms with E-state index in [2.05, 4.69) is 5.32 Å². The Morgan fingerprint density at radius 3 is 2.73 bits per heavy atom. The van der Waals surface area contributed by atoms with Gasteiger partial charge >= 0.3 is 6.18 Å². The van der Waals surface area contributed by atoms with Crippen molar-refractivity contribution < 1.29 is 27.4 Å². The monoisotopic (exact) mass is 371 g/mol. The standard InChI is InChI=1S/C19H24F3NO3/c1-25-13-11-23-17(24)18(19(20,21)22)14-16(8-5-12-26-18)10-9-15-6-3-2-4-7-15/h2-4,6-7,10H,5,8-9,11-14H2,1H3,(H,23,24)/b16-10-. The van der Waals surface area contributed by atoms with Crippen molar-refractivity contribution in [3.63, 3.8) is 0 Å². The lowest BCUT2D eigenvalue weighted by Gasteiger charge is -2.33. The quantitative estimate of drug-likeness (QED) is 0.616. The number of hydrogen-bond donors (Lipinski definition) is 1. The highest BCUT2D eigenvalue weighted by molar-refractivity contribution is 5.86. The van der Waals surface area contributed by atoms with Gasteiger partial charge in [0.05, 0.1) is 6.61 Å². The van der Waals surface area contributed by atoms with Crippen LogP contribution in [0.5, 0.6) is 0 Å². The molecule has 7 heteroatoms. The number of allylic oxidation sites excluding steroid dienone is 1. The zero-order valence-electron chi connectivity index (χ0n) is 14.8. The van der Waals surface area contributed by atoms with E-state index in [-0.39, 0.29) is 19.8 Å². The molecule has 0 spiro atoms. The predicted octanol–water partition coefficient (Wildman–Crippen LogP) is 3.42. The van der Waals surface area contributed by atoms with Crippen LogP contribution in [0.3, 0.4) is 0 Å². The molecular weight excluding hydrogens is 347 g/mol. The van der Waals surface area contributed by atoms with Gasteiger partial charge in [-0.1, -0.05) is 42.0 Å². The highest BCUT2D eigenvalue weighted by atomic mass is 19.4. The normalized spacial score (nSPS) is 22.8. The largest absolute Gasteiger partial charge is 0.426 e. The minimum absolute atomic E-state index is 0.000410. The van der Waals surface area contributed by atoms with E-state index in [9.17, 15) is 18.0 Å². The Kier molecular flexibility index (Phi) is 7.23. The SMILES string of the molecule is COCCNC(=O)C1(C(F)(F)F)C/C(=C\Cc2ccccc2)CCCO1. The first-order valence-corrected chi connectivity index (χ1v) is 8.59. The number of rotatable bonds is 6. The van der Waals surface area contributed by atoms with Gasteiger partial charge in [-0.2, -0.15) is 13.2 Å². The van der Waals surface area contributed by atoms with Crippen LogP contribution in [0.1, 0.15) is 24.8 Å². The lowest BCUT2D eigenvalue weighted by molar-refractivity contribution is -0.265. The summed E-state index contributed by atoms with van der Waals surface area (Å²) in [4.78, 5) is 12.4. The molecular formula is C19H24F3NO3. The Balaban J connectivity index is 2.21. The molecule has 144 valence electrons. The van der Waals surface area contributed by atoms with Crippen molar-refractivity contribution in [1.82, 2.24) is 5.32 Å². The number of carbonyl (C=O) groups is 1. The van der Waals surface area contributed by atoms with Gasteiger partial charge in [0.15, 0.2) is 0 Å². The first-order chi connectivity index (χ1) is 12.4. The fourth-order valence-electron chi connectivity index (χ4n) is 2.92. The molecule has 1 saturated heterocycles. The molecule has 1 aromatic rings. The lowest BCUT2D eigenvalue weighted by atomic mass is 9.90. The van der Waals surface area contributed by atoms with Crippen LogP contribution in [-0.4, -0.2) is 44.6 Å². The van der Waals surface area contributed by atoms with E-state index in [0.29, 0.717) is 24.8 Å². The van der Waals surface area contributed by atoms with Crippen molar-refractivity contribution in [2.24, 2.45) is 0 Å². The van der Waals surface area contributed by atoms with Crippen molar-refractivity contribution in [3.8, 4) is 0 Å². The Morgan fingerprint density at radius 1 is 1.35 bits per heavy atom. The third-order valence-corrected chi connectivity index (χ3v) is 4.35. The maximum atomic E-state index is 13.8. The van der Waals surface area contributed by atoms with Gasteiger partial charge in [0.2, 0.25) is 5.60 Å². The summed E-state index contributed by atoms with van der Waals surface area (Å²) in [6.07, 6.45) is -2.05. The zero-order chi connectivity index (χ0) is 19.0. The number of alkyl halides is 3. The fourth-order valence-corrected chi connectivity index (χ4v) is 2.92. The second-order valence-corrected chi connectivity index (χ2v) is 6.25. The summed E-state index contributed by atoms with van der Waals surface area (Å²) < 4.78 is 51.4. The average molecular weight is 371 g/mol. The van der Waals surface area contributed by atoms with E-state index in [1.54, 1.807) is 6.08 Å². The van der Waals surface area contributed by atoms with Gasteiger partial charge in [-0.05, 0) is 24.8 Å². The van der Waals surface area contributed by atoms with Gasteiger partial charge < -0.3 is 14.8 Å². The third-order valence-electron chi connectivity index (χ3n) is 4.35. The van der Waals surface area contributed by atoms with Gasteiger partial charge in [-0.15, -0.1) is 0 Å². The molecule has 1 unspecified atom stereocenters. The van der Waals surface area contributed by atoms with Crippen LogP contribution >= 0.6 is 0 Å². The van der Waals surface area contributed by atoms with Crippen LogP contribution < -0.4 is 5.32 Å². The molecule has 2 rings (SSSR count). The van der Waals surface area contributed by atoms with Crippen LogP contribution in [0.15, 0.2) is 42.0 Å². The highest BCUT2D eigenvalue weighted by Crippen LogP contribution is 2.41. The second-order valence-electron chi connectivity index (χ2n) is 6.25. The van der Waals surface area contributed by atoms with E-state index < -0.39 is 24.1 Å². The summed E-state index contributed by atoms with van der Waals surface area (Å²) >= 11 is 0. The van der Waals surface area contributed by atoms with E-state index in [1.807, 2.05) is 30.3 Å². The molecule has 0 aromatic heterocycles. The molecule has 1 heterocycles. The van der Waals surface area contributed by atoms with Crippen LogP contribution in [-0.2, 0) is 20.7 Å². The molecule has 26 heavy (non-hydrogen) atoms. The van der Waals surface area contributed by atoms with Gasteiger partial charge in [0, 0.05) is 26.7 Å². The number of ether oxygens (including phenoxy) is 2. The van der Waals surface area contributed by atoms with Crippen LogP contribution in [0.25, 0.3) is 0 Å². The van der Waals surface area contributed by atoms with Crippen molar-refractivity contribution in [2.45, 2.75) is 37.5 Å². The average Bonchev–Trinajstić information content (AvgIpc) is 2.84. The van der Waals surface area contributed by atoms with Crippen LogP contribution in [0.4, 0.5) is 13.2 Å². The predicted molar refractivity (Wildman–Crippen MR) is 91.7 cm³/mol. The second kappa shape index (κ2) is 9.19. The van der Waals surface area contributed by atoms with Crippen molar-refractivity contribution in [1.29, 1.82) is 0 Å². The smallest absolute Gasteiger partial charge is 0.383 e. The van der Waals surface area contributed by atoms with Gasteiger partial charge in [0.25, 0.3) is 5.91 Å². The van der Waals surface area contributed by atoms with E-state index in [1.165, 1.54) is 7.11 Å². The zero-order valence-corrected chi connectivity index (χ0v) is 14.8. The van der Waals surface area contributed by atoms with E-state index >= 15 is 0 Å². The first kappa shape index (κ1) is 20.5.